The first-order chi connectivity index (χ1) is 17.1. The number of benzene rings is 2. The monoisotopic (exact) mass is 490 g/mol. The van der Waals surface area contributed by atoms with E-state index in [9.17, 15) is 29.4 Å². The molecule has 184 valence electrons. The molecule has 36 heavy (non-hydrogen) atoms. The van der Waals surface area contributed by atoms with Gasteiger partial charge in [-0.3, -0.25) is 19.2 Å². The molecular formula is C26H22N2O8. The molecule has 0 aromatic heterocycles. The normalized spacial score (nSPS) is 25.6. The summed E-state index contributed by atoms with van der Waals surface area (Å²) in [5.74, 6) is -5.26. The number of hydrogen-bond acceptors (Lipinski definition) is 8. The Kier molecular flexibility index (Phi) is 4.96. The second-order valence-electron chi connectivity index (χ2n) is 8.66. The number of Topliss-reactive ketones (excluding diaryl/α,β-unsaturated/α-hetero) is 2. The van der Waals surface area contributed by atoms with Gasteiger partial charge in [0.05, 0.1) is 36.7 Å². The van der Waals surface area contributed by atoms with Gasteiger partial charge in [0, 0.05) is 25.2 Å². The van der Waals surface area contributed by atoms with Crippen LogP contribution in [0.25, 0.3) is 0 Å². The lowest BCUT2D eigenvalue weighted by Gasteiger charge is -2.33. The van der Waals surface area contributed by atoms with E-state index in [1.807, 2.05) is 0 Å². The van der Waals surface area contributed by atoms with Crippen LogP contribution in [0.15, 0.2) is 71.2 Å². The van der Waals surface area contributed by atoms with Gasteiger partial charge < -0.3 is 29.5 Å². The molecule has 0 bridgehead atoms. The highest BCUT2D eigenvalue weighted by atomic mass is 16.5. The molecule has 1 aliphatic carbocycles. The number of ether oxygens (including phenoxy) is 2. The number of para-hydroxylation sites is 2. The van der Waals surface area contributed by atoms with Crippen LogP contribution in [0.4, 0.5) is 11.4 Å². The van der Waals surface area contributed by atoms with Crippen molar-refractivity contribution in [3.05, 3.63) is 82.3 Å². The lowest BCUT2D eigenvalue weighted by molar-refractivity contribution is -0.138. The van der Waals surface area contributed by atoms with Crippen molar-refractivity contribution in [2.75, 3.05) is 38.1 Å². The van der Waals surface area contributed by atoms with Crippen LogP contribution in [0.2, 0.25) is 0 Å². The first-order valence-corrected chi connectivity index (χ1v) is 10.9. The van der Waals surface area contributed by atoms with Crippen LogP contribution in [0.5, 0.6) is 0 Å². The van der Waals surface area contributed by atoms with E-state index in [4.69, 9.17) is 9.47 Å². The van der Waals surface area contributed by atoms with E-state index >= 15 is 0 Å². The number of ketones is 2. The lowest BCUT2D eigenvalue weighted by atomic mass is 9.74. The Hall–Kier alpha value is -4.28. The maximum Gasteiger partial charge on any atom is 0.268 e. The third-order valence-corrected chi connectivity index (χ3v) is 6.99. The first kappa shape index (κ1) is 23.5. The molecule has 2 N–H and O–H groups in total. The minimum Gasteiger partial charge on any atom is -0.492 e. The second-order valence-corrected chi connectivity index (χ2v) is 8.66. The van der Waals surface area contributed by atoms with Gasteiger partial charge >= 0.3 is 0 Å². The van der Waals surface area contributed by atoms with Gasteiger partial charge in [-0.1, -0.05) is 36.4 Å². The molecule has 0 spiro atoms. The van der Waals surface area contributed by atoms with E-state index in [0.29, 0.717) is 11.4 Å². The molecule has 0 fully saturated rings. The lowest BCUT2D eigenvalue weighted by Crippen LogP contribution is -2.49. The zero-order valence-electron chi connectivity index (χ0n) is 19.9. The number of amides is 2. The summed E-state index contributed by atoms with van der Waals surface area (Å²) >= 11 is 0. The maximum absolute atomic E-state index is 13.9. The predicted molar refractivity (Wildman–Crippen MR) is 126 cm³/mol. The molecule has 2 unspecified atom stereocenters. The zero-order valence-corrected chi connectivity index (χ0v) is 19.9. The van der Waals surface area contributed by atoms with E-state index in [-0.39, 0.29) is 11.1 Å². The fraction of sp³-hybridized carbons (Fsp3) is 0.231. The molecule has 2 amide bonds. The number of hydrogen-bond donors (Lipinski definition) is 2. The van der Waals surface area contributed by atoms with Crippen molar-refractivity contribution in [1.29, 1.82) is 0 Å². The van der Waals surface area contributed by atoms with E-state index in [0.717, 1.165) is 24.0 Å². The van der Waals surface area contributed by atoms with Crippen molar-refractivity contribution in [1.82, 2.24) is 0 Å². The number of aliphatic hydroxyl groups is 2. The van der Waals surface area contributed by atoms with E-state index in [2.05, 4.69) is 0 Å². The Morgan fingerprint density at radius 3 is 1.31 bits per heavy atom. The Morgan fingerprint density at radius 1 is 0.639 bits per heavy atom. The zero-order chi connectivity index (χ0) is 26.2. The summed E-state index contributed by atoms with van der Waals surface area (Å²) in [5.41, 5.74) is -5.65. The van der Waals surface area contributed by atoms with Crippen molar-refractivity contribution < 1.29 is 38.9 Å². The Labute approximate surface area is 205 Å². The van der Waals surface area contributed by atoms with E-state index < -0.39 is 57.2 Å². The minimum absolute atomic E-state index is 0.0721. The standard InChI is InChI=1S/C26H22N2O8/c1-27-15-11-7-5-9-13(15)25(33,23(27)31)17-19(29)22(36-4)18(20(30)21(17)35-3)26(34)14-10-6-8-12-16(14)28(2)24(26)32/h5-12,33-34H,1-4H3. The molecule has 10 nitrogen and oxygen atoms in total. The number of fused-ring (bicyclic) bond motifs is 2. The van der Waals surface area contributed by atoms with Crippen molar-refractivity contribution in [3.63, 3.8) is 0 Å². The van der Waals surface area contributed by atoms with Gasteiger partial charge in [-0.2, -0.15) is 0 Å². The number of nitrogens with zero attached hydrogens (tertiary/aromatic N) is 2. The molecule has 2 aromatic carbocycles. The van der Waals surface area contributed by atoms with E-state index in [1.165, 1.54) is 26.2 Å². The Bertz CT molecular complexity index is 1350. The Morgan fingerprint density at radius 2 is 0.972 bits per heavy atom. The highest BCUT2D eigenvalue weighted by molar-refractivity contribution is 6.31. The molecule has 2 atom stereocenters. The third-order valence-electron chi connectivity index (χ3n) is 6.99. The summed E-state index contributed by atoms with van der Waals surface area (Å²) in [6.45, 7) is 0. The Balaban J connectivity index is 1.78. The summed E-state index contributed by atoms with van der Waals surface area (Å²) in [5, 5.41) is 23.5. The van der Waals surface area contributed by atoms with Crippen LogP contribution in [-0.4, -0.2) is 61.9 Å². The average Bonchev–Trinajstić information content (AvgIpc) is 3.21. The van der Waals surface area contributed by atoms with Crippen LogP contribution in [-0.2, 0) is 39.9 Å². The molecular weight excluding hydrogens is 468 g/mol. The molecule has 0 saturated heterocycles. The number of allylic oxidation sites excluding steroid dienone is 2. The topological polar surface area (TPSA) is 134 Å². The minimum atomic E-state index is -2.57. The third kappa shape index (κ3) is 2.57. The SMILES string of the molecule is COC1=C(C2(O)C(=O)N(C)c3ccccc32)C(=O)C(OC)=C(C2(O)C(=O)N(C)c3ccccc32)C1=O. The second kappa shape index (κ2) is 7.61. The summed E-state index contributed by atoms with van der Waals surface area (Å²) in [7, 11) is 5.03. The van der Waals surface area contributed by atoms with Gasteiger partial charge in [0.25, 0.3) is 11.8 Å². The van der Waals surface area contributed by atoms with Crippen molar-refractivity contribution in [3.8, 4) is 0 Å². The number of anilines is 2. The van der Waals surface area contributed by atoms with Crippen molar-refractivity contribution in [2.45, 2.75) is 11.2 Å². The smallest absolute Gasteiger partial charge is 0.268 e. The van der Waals surface area contributed by atoms with Crippen LogP contribution in [0.1, 0.15) is 11.1 Å². The largest absolute Gasteiger partial charge is 0.492 e. The van der Waals surface area contributed by atoms with Gasteiger partial charge in [-0.25, -0.2) is 0 Å². The van der Waals surface area contributed by atoms with Crippen LogP contribution in [0, 0.1) is 0 Å². The molecule has 3 aliphatic rings. The summed E-state index contributed by atoms with van der Waals surface area (Å²) in [6.07, 6.45) is 0. The van der Waals surface area contributed by atoms with Crippen LogP contribution >= 0.6 is 0 Å². The summed E-state index contributed by atoms with van der Waals surface area (Å²) in [4.78, 5) is 56.7. The van der Waals surface area contributed by atoms with E-state index in [1.54, 1.807) is 36.4 Å². The maximum atomic E-state index is 13.9. The first-order valence-electron chi connectivity index (χ1n) is 10.9. The summed E-state index contributed by atoms with van der Waals surface area (Å²) < 4.78 is 10.6. The fourth-order valence-electron chi connectivity index (χ4n) is 5.27. The van der Waals surface area contributed by atoms with Gasteiger partial charge in [-0.15, -0.1) is 0 Å². The summed E-state index contributed by atoms with van der Waals surface area (Å²) in [6, 6.07) is 12.5. The van der Waals surface area contributed by atoms with Gasteiger partial charge in [0.2, 0.25) is 22.8 Å². The number of carbonyl (C=O) groups is 4. The predicted octanol–water partition coefficient (Wildman–Crippen LogP) is 0.668. The van der Waals surface area contributed by atoms with Crippen LogP contribution in [0.3, 0.4) is 0 Å². The molecule has 0 saturated carbocycles. The highest BCUT2D eigenvalue weighted by Gasteiger charge is 2.62. The molecule has 2 aliphatic heterocycles. The molecule has 2 heterocycles. The molecule has 2 aromatic rings. The van der Waals surface area contributed by atoms with Crippen LogP contribution < -0.4 is 9.80 Å². The fourth-order valence-corrected chi connectivity index (χ4v) is 5.27. The number of likely N-dealkylation sites (N-methyl/N-ethyl adjacent to an activating group) is 2. The molecule has 0 radical (unpaired) electrons. The molecule has 5 rings (SSSR count). The van der Waals surface area contributed by atoms with Gasteiger partial charge in [0.1, 0.15) is 0 Å². The highest BCUT2D eigenvalue weighted by Crippen LogP contribution is 2.51. The number of methoxy groups -OCH3 is 2. The number of rotatable bonds is 4. The number of carbonyl (C=O) groups excluding carboxylic acids is 4. The average molecular weight is 490 g/mol. The van der Waals surface area contributed by atoms with Gasteiger partial charge in [0.15, 0.2) is 11.5 Å². The van der Waals surface area contributed by atoms with Crippen molar-refractivity contribution in [2.24, 2.45) is 0 Å². The van der Waals surface area contributed by atoms with Gasteiger partial charge in [-0.05, 0) is 12.1 Å². The quantitative estimate of drug-likeness (QED) is 0.598. The van der Waals surface area contributed by atoms with Crippen molar-refractivity contribution >= 4 is 34.8 Å². The molecule has 10 heteroatoms.